The van der Waals surface area contributed by atoms with Crippen molar-refractivity contribution in [2.45, 2.75) is 6.42 Å². The molecule has 0 fully saturated rings. The van der Waals surface area contributed by atoms with Gasteiger partial charge < -0.3 is 10.5 Å². The maximum Gasteiger partial charge on any atom is 0.310 e. The number of rotatable bonds is 4. The van der Waals surface area contributed by atoms with E-state index < -0.39 is 0 Å². The highest BCUT2D eigenvalue weighted by Gasteiger charge is 2.15. The van der Waals surface area contributed by atoms with E-state index in [-0.39, 0.29) is 18.2 Å². The first-order chi connectivity index (χ1) is 9.63. The van der Waals surface area contributed by atoms with Crippen LogP contribution >= 0.6 is 0 Å². The molecule has 0 spiro atoms. The number of ether oxygens (including phenoxy) is 1. The van der Waals surface area contributed by atoms with Crippen LogP contribution in [0.5, 0.6) is 0 Å². The summed E-state index contributed by atoms with van der Waals surface area (Å²) in [5, 5.41) is 0. The van der Waals surface area contributed by atoms with Crippen LogP contribution in [0.15, 0.2) is 48.5 Å². The third kappa shape index (κ3) is 2.85. The Bertz CT molecular complexity index is 635. The molecule has 20 heavy (non-hydrogen) atoms. The van der Waals surface area contributed by atoms with E-state index in [1.165, 1.54) is 7.11 Å². The van der Waals surface area contributed by atoms with Gasteiger partial charge in [-0.1, -0.05) is 42.5 Å². The van der Waals surface area contributed by atoms with Crippen LogP contribution in [0.2, 0.25) is 0 Å². The molecule has 0 unspecified atom stereocenters. The number of hydrogen-bond acceptors (Lipinski definition) is 4. The maximum atomic E-state index is 12.4. The summed E-state index contributed by atoms with van der Waals surface area (Å²) in [7, 11) is 1.32. The molecule has 0 heterocycles. The fraction of sp³-hybridized carbons (Fsp3) is 0.125. The second-order valence-electron chi connectivity index (χ2n) is 4.33. The molecule has 0 amide bonds. The molecule has 2 rings (SSSR count). The van der Waals surface area contributed by atoms with Crippen molar-refractivity contribution in [2.24, 2.45) is 0 Å². The number of hydrogen-bond donors (Lipinski definition) is 1. The molecule has 0 aliphatic rings. The lowest BCUT2D eigenvalue weighted by Crippen LogP contribution is -2.11. The first kappa shape index (κ1) is 13.8. The molecule has 4 heteroatoms. The van der Waals surface area contributed by atoms with E-state index >= 15 is 0 Å². The van der Waals surface area contributed by atoms with Gasteiger partial charge in [0.1, 0.15) is 0 Å². The normalized spacial score (nSPS) is 10.1. The first-order valence-electron chi connectivity index (χ1n) is 6.17. The quantitative estimate of drug-likeness (QED) is 0.525. The molecule has 0 radical (unpaired) electrons. The highest BCUT2D eigenvalue weighted by Crippen LogP contribution is 2.21. The van der Waals surface area contributed by atoms with E-state index in [1.54, 1.807) is 42.5 Å². The zero-order valence-corrected chi connectivity index (χ0v) is 11.1. The maximum absolute atomic E-state index is 12.4. The van der Waals surface area contributed by atoms with Gasteiger partial charge in [-0.05, 0) is 11.6 Å². The van der Waals surface area contributed by atoms with Gasteiger partial charge in [-0.25, -0.2) is 0 Å². The Kier molecular flexibility index (Phi) is 4.15. The number of benzene rings is 2. The number of methoxy groups -OCH3 is 1. The number of ketones is 1. The largest absolute Gasteiger partial charge is 0.469 e. The molecule has 0 aliphatic heterocycles. The summed E-state index contributed by atoms with van der Waals surface area (Å²) in [6, 6.07) is 14.0. The van der Waals surface area contributed by atoms with E-state index in [9.17, 15) is 9.59 Å². The minimum Gasteiger partial charge on any atom is -0.469 e. The summed E-state index contributed by atoms with van der Waals surface area (Å²) in [6.45, 7) is 0. The zero-order valence-electron chi connectivity index (χ0n) is 11.1. The summed E-state index contributed by atoms with van der Waals surface area (Å²) in [5.74, 6) is -0.546. The Balaban J connectivity index is 2.36. The first-order valence-corrected chi connectivity index (χ1v) is 6.17. The van der Waals surface area contributed by atoms with Gasteiger partial charge in [0.15, 0.2) is 5.78 Å². The second-order valence-corrected chi connectivity index (χ2v) is 4.33. The summed E-state index contributed by atoms with van der Waals surface area (Å²) >= 11 is 0. The molecule has 0 atom stereocenters. The Morgan fingerprint density at radius 1 is 1.05 bits per heavy atom. The summed E-state index contributed by atoms with van der Waals surface area (Å²) in [5.41, 5.74) is 7.88. The average Bonchev–Trinajstić information content (AvgIpc) is 2.49. The molecule has 2 N–H and O–H groups in total. The van der Waals surface area contributed by atoms with Crippen molar-refractivity contribution in [2.75, 3.05) is 12.8 Å². The molecular formula is C16H15NO3. The lowest BCUT2D eigenvalue weighted by Gasteiger charge is -2.09. The average molecular weight is 269 g/mol. The molecular weight excluding hydrogens is 254 g/mol. The van der Waals surface area contributed by atoms with Crippen LogP contribution < -0.4 is 5.73 Å². The Hall–Kier alpha value is -2.62. The molecule has 2 aromatic carbocycles. The zero-order chi connectivity index (χ0) is 14.5. The van der Waals surface area contributed by atoms with Crippen LogP contribution in [-0.4, -0.2) is 18.9 Å². The lowest BCUT2D eigenvalue weighted by atomic mass is 9.98. The van der Waals surface area contributed by atoms with Gasteiger partial charge in [-0.2, -0.15) is 0 Å². The number of esters is 1. The minimum absolute atomic E-state index is 0.0538. The van der Waals surface area contributed by atoms with Gasteiger partial charge in [-0.3, -0.25) is 9.59 Å². The molecule has 4 nitrogen and oxygen atoms in total. The number of carbonyl (C=O) groups is 2. The Morgan fingerprint density at radius 2 is 1.75 bits per heavy atom. The molecule has 102 valence electrons. The van der Waals surface area contributed by atoms with E-state index in [1.807, 2.05) is 6.07 Å². The van der Waals surface area contributed by atoms with Crippen LogP contribution in [0, 0.1) is 0 Å². The highest BCUT2D eigenvalue weighted by molar-refractivity contribution is 6.12. The van der Waals surface area contributed by atoms with Crippen LogP contribution in [0.4, 0.5) is 5.69 Å². The van der Waals surface area contributed by atoms with Gasteiger partial charge >= 0.3 is 5.97 Å². The molecule has 0 saturated heterocycles. The Morgan fingerprint density at radius 3 is 2.40 bits per heavy atom. The van der Waals surface area contributed by atoms with Crippen LogP contribution in [0.25, 0.3) is 0 Å². The molecule has 0 aliphatic carbocycles. The standard InChI is InChI=1S/C16H15NO3/c1-20-14(18)10-12-8-5-9-13(15(12)17)16(19)11-6-3-2-4-7-11/h2-9H,10,17H2,1H3. The van der Waals surface area contributed by atoms with Crippen LogP contribution in [0.1, 0.15) is 21.5 Å². The topological polar surface area (TPSA) is 69.4 Å². The number of para-hydroxylation sites is 1. The third-order valence-corrected chi connectivity index (χ3v) is 3.04. The number of nitrogens with two attached hydrogens (primary N) is 1. The minimum atomic E-state index is -0.388. The molecule has 0 saturated carbocycles. The van der Waals surface area contributed by atoms with Gasteiger partial charge in [0, 0.05) is 16.8 Å². The van der Waals surface area contributed by atoms with Crippen molar-refractivity contribution in [1.82, 2.24) is 0 Å². The number of carbonyl (C=O) groups excluding carboxylic acids is 2. The van der Waals surface area contributed by atoms with Gasteiger partial charge in [0.25, 0.3) is 0 Å². The monoisotopic (exact) mass is 269 g/mol. The van der Waals surface area contributed by atoms with Crippen molar-refractivity contribution in [3.8, 4) is 0 Å². The van der Waals surface area contributed by atoms with Gasteiger partial charge in [0.05, 0.1) is 13.5 Å². The van der Waals surface area contributed by atoms with Crippen LogP contribution in [-0.2, 0) is 16.0 Å². The summed E-state index contributed by atoms with van der Waals surface area (Å²) in [4.78, 5) is 23.7. The summed E-state index contributed by atoms with van der Waals surface area (Å²) in [6.07, 6.45) is 0.0538. The van der Waals surface area contributed by atoms with Crippen molar-refractivity contribution in [3.05, 3.63) is 65.2 Å². The van der Waals surface area contributed by atoms with Gasteiger partial charge in [0.2, 0.25) is 0 Å². The fourth-order valence-corrected chi connectivity index (χ4v) is 1.94. The highest BCUT2D eigenvalue weighted by atomic mass is 16.5. The SMILES string of the molecule is COC(=O)Cc1cccc(C(=O)c2ccccc2)c1N. The van der Waals surface area contributed by atoms with E-state index in [4.69, 9.17) is 5.73 Å². The predicted molar refractivity (Wildman–Crippen MR) is 76.4 cm³/mol. The smallest absolute Gasteiger partial charge is 0.310 e. The van der Waals surface area contributed by atoms with E-state index in [0.717, 1.165) is 0 Å². The van der Waals surface area contributed by atoms with Crippen molar-refractivity contribution in [1.29, 1.82) is 0 Å². The number of anilines is 1. The molecule has 0 aromatic heterocycles. The van der Waals surface area contributed by atoms with Crippen molar-refractivity contribution in [3.63, 3.8) is 0 Å². The molecule has 0 bridgehead atoms. The van der Waals surface area contributed by atoms with E-state index in [0.29, 0.717) is 22.4 Å². The Labute approximate surface area is 117 Å². The molecule has 2 aromatic rings. The number of nitrogen functional groups attached to an aromatic ring is 1. The van der Waals surface area contributed by atoms with Gasteiger partial charge in [-0.15, -0.1) is 0 Å². The summed E-state index contributed by atoms with van der Waals surface area (Å²) < 4.78 is 4.61. The van der Waals surface area contributed by atoms with Crippen LogP contribution in [0.3, 0.4) is 0 Å². The van der Waals surface area contributed by atoms with E-state index in [2.05, 4.69) is 4.74 Å². The van der Waals surface area contributed by atoms with Crippen molar-refractivity contribution < 1.29 is 14.3 Å². The fourth-order valence-electron chi connectivity index (χ4n) is 1.94. The second kappa shape index (κ2) is 6.02. The van der Waals surface area contributed by atoms with Crippen molar-refractivity contribution >= 4 is 17.4 Å². The predicted octanol–water partition coefficient (Wildman–Crippen LogP) is 2.22. The third-order valence-electron chi connectivity index (χ3n) is 3.04. The lowest BCUT2D eigenvalue weighted by molar-refractivity contribution is -0.139.